The minimum Gasteiger partial charge on any atom is -0.507 e. The topological polar surface area (TPSA) is 198 Å². The first-order valence-corrected chi connectivity index (χ1v) is 19.0. The van der Waals surface area contributed by atoms with Crippen LogP contribution in [0.4, 0.5) is 5.69 Å². The van der Waals surface area contributed by atoms with Crippen LogP contribution < -0.4 is 10.1 Å². The van der Waals surface area contributed by atoms with Crippen molar-refractivity contribution in [1.82, 2.24) is 9.38 Å². The molecule has 0 fully saturated rings. The molecule has 14 heteroatoms. The second kappa shape index (κ2) is 15.5. The first kappa shape index (κ1) is 41.2. The van der Waals surface area contributed by atoms with Crippen molar-refractivity contribution < 1.29 is 53.8 Å². The molecule has 2 aliphatic heterocycles. The zero-order valence-electron chi connectivity index (χ0n) is 33.8. The number of aryl methyl sites for hydroxylation is 1. The number of ketones is 1. The van der Waals surface area contributed by atoms with Crippen LogP contribution in [0.2, 0.25) is 0 Å². The van der Waals surface area contributed by atoms with Crippen LogP contribution in [0.15, 0.2) is 54.5 Å². The molecule has 0 saturated heterocycles. The van der Waals surface area contributed by atoms with Crippen molar-refractivity contribution in [1.29, 1.82) is 0 Å². The van der Waals surface area contributed by atoms with E-state index in [1.54, 1.807) is 63.4 Å². The molecule has 9 atom stereocenters. The number of aliphatic hydroxyl groups is 2. The molecule has 4 heterocycles. The number of Topliss-reactive ketones (excluding diaryl/α,β-unsaturated/α-hetero) is 1. The van der Waals surface area contributed by atoms with Gasteiger partial charge in [0.1, 0.15) is 40.0 Å². The summed E-state index contributed by atoms with van der Waals surface area (Å²) in [7, 11) is 1.46. The highest BCUT2D eigenvalue weighted by atomic mass is 16.7. The number of ether oxygens (including phenoxy) is 4. The number of phenols is 2. The molecule has 4 aromatic rings. The van der Waals surface area contributed by atoms with Gasteiger partial charge in [-0.05, 0) is 44.5 Å². The van der Waals surface area contributed by atoms with E-state index >= 15 is 0 Å². The number of nitrogens with zero attached hydrogens (tertiary/aromatic N) is 2. The number of pyridine rings is 1. The van der Waals surface area contributed by atoms with Gasteiger partial charge in [0.15, 0.2) is 5.75 Å². The summed E-state index contributed by atoms with van der Waals surface area (Å²) in [4.78, 5) is 45.6. The summed E-state index contributed by atoms with van der Waals surface area (Å²) in [5, 5.41) is 49.4. The van der Waals surface area contributed by atoms with Crippen molar-refractivity contribution >= 4 is 50.8 Å². The summed E-state index contributed by atoms with van der Waals surface area (Å²) >= 11 is 0. The number of rotatable bonds is 2. The quantitative estimate of drug-likeness (QED) is 0.115. The molecule has 0 aliphatic carbocycles. The summed E-state index contributed by atoms with van der Waals surface area (Å²) in [5.41, 5.74) is 2.18. The Bertz CT molecular complexity index is 2380. The van der Waals surface area contributed by atoms with Gasteiger partial charge in [0, 0.05) is 67.3 Å². The fourth-order valence-electron chi connectivity index (χ4n) is 8.03. The van der Waals surface area contributed by atoms with E-state index in [0.717, 1.165) is 5.56 Å². The minimum atomic E-state index is -1.96. The lowest BCUT2D eigenvalue weighted by molar-refractivity contribution is -0.160. The Kier molecular flexibility index (Phi) is 11.2. The maximum absolute atomic E-state index is 14.6. The highest BCUT2D eigenvalue weighted by Gasteiger charge is 2.50. The van der Waals surface area contributed by atoms with E-state index in [4.69, 9.17) is 23.9 Å². The lowest BCUT2D eigenvalue weighted by Gasteiger charge is -2.38. The maximum atomic E-state index is 14.6. The van der Waals surface area contributed by atoms with E-state index in [9.17, 15) is 34.8 Å². The molecule has 5 N–H and O–H groups in total. The standard InChI is InChI=1S/C43H51N3O11/c1-19-14-16-46-28(18-19)44-32-29-30-37(50)25(7)40-31(29)41(52)43(9,57-40)55-17-15-27(54-10)22(4)39(56-26(8)47)24(6)36(49)23(5)35(48)20(2)12-11-13-21(3)42(53)45-33(34(32)46)38(30)51/h11-18,20,22-24,27,35-36,39,48-51H,1-10H3,(H,45,53)/b12-11?,17-15-,21-13-/t20-,22+,23+,24+,27-,35-,36+,39+,43-/m0/s1. The summed E-state index contributed by atoms with van der Waals surface area (Å²) in [6.45, 7) is 14.7. The van der Waals surface area contributed by atoms with Crippen molar-refractivity contribution in [2.45, 2.75) is 92.5 Å². The van der Waals surface area contributed by atoms with Crippen LogP contribution in [0, 0.1) is 37.5 Å². The van der Waals surface area contributed by atoms with E-state index in [1.807, 2.05) is 19.1 Å². The number of methoxy groups -OCH3 is 1. The number of nitrogens with one attached hydrogen (secondary N) is 1. The molecule has 4 bridgehead atoms. The number of aromatic nitrogens is 2. The van der Waals surface area contributed by atoms with Gasteiger partial charge in [-0.25, -0.2) is 4.98 Å². The molecule has 0 unspecified atom stereocenters. The van der Waals surface area contributed by atoms with E-state index in [2.05, 4.69) is 5.32 Å². The van der Waals surface area contributed by atoms with Gasteiger partial charge in [0.05, 0.1) is 35.5 Å². The second-order valence-corrected chi connectivity index (χ2v) is 15.6. The fraction of sp³-hybridized carbons (Fsp3) is 0.442. The second-order valence-electron chi connectivity index (χ2n) is 15.6. The van der Waals surface area contributed by atoms with Crippen LogP contribution in [-0.2, 0) is 23.8 Å². The van der Waals surface area contributed by atoms with Gasteiger partial charge in [-0.3, -0.25) is 18.8 Å². The van der Waals surface area contributed by atoms with Crippen LogP contribution in [0.5, 0.6) is 17.2 Å². The molecule has 0 saturated carbocycles. The van der Waals surface area contributed by atoms with Crippen LogP contribution in [0.3, 0.4) is 0 Å². The van der Waals surface area contributed by atoms with Gasteiger partial charge in [-0.15, -0.1) is 0 Å². The Hall–Kier alpha value is -5.44. The summed E-state index contributed by atoms with van der Waals surface area (Å²) in [6.07, 6.45) is 5.62. The molecule has 2 aromatic heterocycles. The van der Waals surface area contributed by atoms with Crippen molar-refractivity contribution in [2.24, 2.45) is 23.7 Å². The van der Waals surface area contributed by atoms with Crippen LogP contribution in [0.25, 0.3) is 27.5 Å². The Balaban J connectivity index is 1.58. The van der Waals surface area contributed by atoms with Gasteiger partial charge < -0.3 is 44.7 Å². The van der Waals surface area contributed by atoms with Gasteiger partial charge in [0.2, 0.25) is 0 Å². The molecule has 6 rings (SSSR count). The molecule has 2 aliphatic rings. The Morgan fingerprint density at radius 3 is 2.35 bits per heavy atom. The number of benzene rings is 2. The van der Waals surface area contributed by atoms with Crippen LogP contribution in [-0.4, -0.2) is 84.8 Å². The van der Waals surface area contributed by atoms with Crippen molar-refractivity contribution in [3.05, 3.63) is 71.2 Å². The first-order chi connectivity index (χ1) is 26.8. The van der Waals surface area contributed by atoms with Gasteiger partial charge in [-0.1, -0.05) is 45.9 Å². The largest absolute Gasteiger partial charge is 0.507 e. The van der Waals surface area contributed by atoms with E-state index in [0.29, 0.717) is 5.65 Å². The first-order valence-electron chi connectivity index (χ1n) is 19.0. The van der Waals surface area contributed by atoms with Crippen LogP contribution in [0.1, 0.15) is 70.0 Å². The molecule has 304 valence electrons. The van der Waals surface area contributed by atoms with E-state index < -0.39 is 77.3 Å². The average Bonchev–Trinajstić information content (AvgIpc) is 3.67. The van der Waals surface area contributed by atoms with E-state index in [1.165, 1.54) is 40.2 Å². The van der Waals surface area contributed by atoms with Crippen LogP contribution >= 0.6 is 0 Å². The SMILES string of the molecule is CO[C@H]1/C=C\O[C@@]2(C)Oc3c(C)c(O)c4c(O)c(c5c(nc6cc(C)ccn65)c4c3C2=O)NC(=O)/C(C)=C\C=C[C@H](C)[C@H](O)[C@@H](C)[C@@H](O)[C@@H](C)[C@H](OC(C)=O)[C@@H]1C. The van der Waals surface area contributed by atoms with Gasteiger partial charge in [0.25, 0.3) is 11.7 Å². The lowest BCUT2D eigenvalue weighted by atomic mass is 9.78. The Morgan fingerprint density at radius 2 is 1.68 bits per heavy atom. The van der Waals surface area contributed by atoms with Crippen molar-refractivity contribution in [3.63, 3.8) is 0 Å². The molecule has 0 radical (unpaired) electrons. The Labute approximate surface area is 330 Å². The molecule has 1 amide bonds. The zero-order chi connectivity index (χ0) is 41.8. The number of carbonyl (C=O) groups excluding carboxylic acids is 3. The monoisotopic (exact) mass is 785 g/mol. The third-order valence-corrected chi connectivity index (χ3v) is 11.5. The molecular formula is C43H51N3O11. The number of anilines is 1. The fourth-order valence-corrected chi connectivity index (χ4v) is 8.03. The van der Waals surface area contributed by atoms with E-state index in [-0.39, 0.29) is 55.7 Å². The number of carbonyl (C=O) groups is 3. The van der Waals surface area contributed by atoms with Gasteiger partial charge in [-0.2, -0.15) is 0 Å². The maximum Gasteiger partial charge on any atom is 0.312 e. The molecule has 57 heavy (non-hydrogen) atoms. The number of hydrogen-bond acceptors (Lipinski definition) is 12. The number of aliphatic hydroxyl groups excluding tert-OH is 2. The number of hydrogen-bond donors (Lipinski definition) is 5. The predicted octanol–water partition coefficient (Wildman–Crippen LogP) is 6.16. The number of allylic oxidation sites excluding steroid dienone is 2. The highest BCUT2D eigenvalue weighted by molar-refractivity contribution is 6.28. The minimum absolute atomic E-state index is 0.0185. The highest BCUT2D eigenvalue weighted by Crippen LogP contribution is 2.54. The number of esters is 1. The summed E-state index contributed by atoms with van der Waals surface area (Å²) in [6, 6.07) is 3.64. The third-order valence-electron chi connectivity index (χ3n) is 11.5. The van der Waals surface area contributed by atoms with Crippen molar-refractivity contribution in [2.75, 3.05) is 12.4 Å². The zero-order valence-corrected chi connectivity index (χ0v) is 33.8. The third kappa shape index (κ3) is 7.10. The summed E-state index contributed by atoms with van der Waals surface area (Å²) < 4.78 is 25.5. The number of aromatic hydroxyl groups is 2. The number of phenolic OH excluding ortho intramolecular Hbond substituents is 2. The normalized spacial score (nSPS) is 30.3. The molecule has 0 spiro atoms. The van der Waals surface area contributed by atoms with Gasteiger partial charge >= 0.3 is 11.8 Å². The Morgan fingerprint density at radius 1 is 0.982 bits per heavy atom. The molecular weight excluding hydrogens is 734 g/mol. The number of amides is 1. The lowest BCUT2D eigenvalue weighted by Crippen LogP contribution is -2.46. The molecule has 14 nitrogen and oxygen atoms in total. The average molecular weight is 786 g/mol. The number of fused-ring (bicyclic) bond motifs is 2. The number of imidazole rings is 1. The smallest absolute Gasteiger partial charge is 0.312 e. The predicted molar refractivity (Wildman–Crippen MR) is 213 cm³/mol. The molecule has 2 aromatic carbocycles. The van der Waals surface area contributed by atoms with Crippen molar-refractivity contribution in [3.8, 4) is 17.2 Å². The summed E-state index contributed by atoms with van der Waals surface area (Å²) in [5.74, 6) is -6.96.